The number of halogens is 2. The van der Waals surface area contributed by atoms with Crippen LogP contribution in [0.3, 0.4) is 0 Å². The van der Waals surface area contributed by atoms with Gasteiger partial charge in [-0.05, 0) is 67.3 Å². The molecule has 1 aliphatic rings. The lowest BCUT2D eigenvalue weighted by Crippen LogP contribution is -2.12. The van der Waals surface area contributed by atoms with E-state index < -0.39 is 11.8 Å². The zero-order valence-corrected chi connectivity index (χ0v) is 20.5. The summed E-state index contributed by atoms with van der Waals surface area (Å²) in [4.78, 5) is 20.4. The van der Waals surface area contributed by atoms with E-state index in [4.69, 9.17) is 14.2 Å². The summed E-state index contributed by atoms with van der Waals surface area (Å²) in [5, 5.41) is 3.62. The highest BCUT2D eigenvalue weighted by Gasteiger charge is 2.21. The Kier molecular flexibility index (Phi) is 7.59. The third-order valence-corrected chi connectivity index (χ3v) is 5.89. The molecule has 36 heavy (non-hydrogen) atoms. The molecule has 4 rings (SSSR count). The summed E-state index contributed by atoms with van der Waals surface area (Å²) in [5.74, 6) is -0.914. The van der Waals surface area contributed by atoms with E-state index in [1.807, 2.05) is 6.92 Å². The number of aryl methyl sites for hydroxylation is 2. The number of carbonyl (C=O) groups is 1. The minimum absolute atomic E-state index is 0.0148. The van der Waals surface area contributed by atoms with Gasteiger partial charge in [0.2, 0.25) is 0 Å². The van der Waals surface area contributed by atoms with Crippen molar-refractivity contribution in [1.82, 2.24) is 4.98 Å². The summed E-state index contributed by atoms with van der Waals surface area (Å²) in [6, 6.07) is 10.2. The van der Waals surface area contributed by atoms with Crippen molar-refractivity contribution in [2.24, 2.45) is 5.16 Å². The minimum atomic E-state index is -0.508. The highest BCUT2D eigenvalue weighted by molar-refractivity contribution is 6.02. The van der Waals surface area contributed by atoms with Crippen molar-refractivity contribution in [2.45, 2.75) is 33.6 Å². The molecule has 9 heteroatoms. The number of pyridine rings is 1. The fraction of sp³-hybridized carbons (Fsp3) is 0.296. The van der Waals surface area contributed by atoms with Crippen molar-refractivity contribution in [1.29, 1.82) is 0 Å². The van der Waals surface area contributed by atoms with Crippen LogP contribution < -0.4 is 9.47 Å². The van der Waals surface area contributed by atoms with E-state index in [9.17, 15) is 9.18 Å². The highest BCUT2D eigenvalue weighted by Crippen LogP contribution is 2.33. The first-order valence-corrected chi connectivity index (χ1v) is 11.3. The third-order valence-electron chi connectivity index (χ3n) is 5.89. The normalized spacial score (nSPS) is 12.9. The highest BCUT2D eigenvalue weighted by atomic mass is 19.1. The van der Waals surface area contributed by atoms with Crippen molar-refractivity contribution in [3.8, 4) is 22.8 Å². The fourth-order valence-corrected chi connectivity index (χ4v) is 3.95. The topological polar surface area (TPSA) is 79.2 Å². The molecule has 3 aromatic rings. The molecule has 0 aliphatic carbocycles. The molecule has 0 unspecified atom stereocenters. The van der Waals surface area contributed by atoms with Crippen LogP contribution in [0.15, 0.2) is 41.6 Å². The maximum absolute atomic E-state index is 15.2. The molecule has 188 valence electrons. The van der Waals surface area contributed by atoms with Crippen molar-refractivity contribution in [2.75, 3.05) is 20.5 Å². The predicted octanol–water partition coefficient (Wildman–Crippen LogP) is 5.21. The van der Waals surface area contributed by atoms with Crippen molar-refractivity contribution >= 4 is 11.7 Å². The molecule has 1 aliphatic heterocycles. The van der Waals surface area contributed by atoms with E-state index >= 15 is 4.39 Å². The number of rotatable bonds is 9. The maximum Gasteiger partial charge on any atom is 0.340 e. The second kappa shape index (κ2) is 10.8. The fourth-order valence-electron chi connectivity index (χ4n) is 3.95. The Hall–Kier alpha value is -3.85. The predicted molar refractivity (Wildman–Crippen MR) is 129 cm³/mol. The van der Waals surface area contributed by atoms with Gasteiger partial charge in [0.1, 0.15) is 29.6 Å². The summed E-state index contributed by atoms with van der Waals surface area (Å²) in [5.41, 5.74) is 4.11. The van der Waals surface area contributed by atoms with Gasteiger partial charge >= 0.3 is 5.97 Å². The Balaban J connectivity index is 1.64. The number of ether oxygens (including phenoxy) is 3. The molecule has 0 fully saturated rings. The van der Waals surface area contributed by atoms with Gasteiger partial charge in [0.25, 0.3) is 0 Å². The van der Waals surface area contributed by atoms with E-state index in [-0.39, 0.29) is 31.4 Å². The molecule has 0 saturated heterocycles. The van der Waals surface area contributed by atoms with Crippen molar-refractivity contribution in [3.05, 3.63) is 76.0 Å². The van der Waals surface area contributed by atoms with Gasteiger partial charge in [-0.1, -0.05) is 17.3 Å². The molecule has 0 atom stereocenters. The molecule has 0 spiro atoms. The molecule has 0 bridgehead atoms. The van der Waals surface area contributed by atoms with Gasteiger partial charge < -0.3 is 19.0 Å². The summed E-state index contributed by atoms with van der Waals surface area (Å²) in [6.07, 6.45) is 0.339. The first-order valence-electron chi connectivity index (χ1n) is 11.3. The smallest absolute Gasteiger partial charge is 0.340 e. The number of hydrogen-bond donors (Lipinski definition) is 0. The van der Waals surface area contributed by atoms with Crippen LogP contribution in [0.5, 0.6) is 11.5 Å². The monoisotopic (exact) mass is 496 g/mol. The lowest BCUT2D eigenvalue weighted by Gasteiger charge is -2.17. The van der Waals surface area contributed by atoms with Crippen LogP contribution in [0.25, 0.3) is 11.3 Å². The average Bonchev–Trinajstić information content (AvgIpc) is 3.29. The quantitative estimate of drug-likeness (QED) is 0.299. The van der Waals surface area contributed by atoms with E-state index in [0.29, 0.717) is 46.0 Å². The number of aromatic nitrogens is 1. The van der Waals surface area contributed by atoms with Gasteiger partial charge in [-0.3, -0.25) is 0 Å². The Morgan fingerprint density at radius 2 is 1.81 bits per heavy atom. The lowest BCUT2D eigenvalue weighted by atomic mass is 9.96. The zero-order chi connectivity index (χ0) is 25.8. The number of hydrogen-bond acceptors (Lipinski definition) is 7. The van der Waals surface area contributed by atoms with Gasteiger partial charge in [-0.25, -0.2) is 18.6 Å². The van der Waals surface area contributed by atoms with Crippen LogP contribution in [0.2, 0.25) is 0 Å². The number of nitrogens with zero attached hydrogens (tertiary/aromatic N) is 2. The maximum atomic E-state index is 15.2. The summed E-state index contributed by atoms with van der Waals surface area (Å²) < 4.78 is 46.3. The number of methoxy groups -OCH3 is 1. The lowest BCUT2D eigenvalue weighted by molar-refractivity contribution is -0.140. The average molecular weight is 497 g/mol. The molecule has 0 amide bonds. The number of oxime groups is 1. The molecular formula is C27H26F2N2O5. The standard InChI is InChI=1S/C27H26F2N2O5/c1-15-6-5-7-20(25(15)28)27-22(35-14-33-4)9-8-18(30-27)11-21-16(2)10-23(26(29)17(21)3)34-13-19-12-24(32)36-31-19/h5-10H,11-14H2,1-4H3. The van der Waals surface area contributed by atoms with Crippen LogP contribution in [0.1, 0.15) is 34.4 Å². The Labute approximate surface area is 207 Å². The van der Waals surface area contributed by atoms with Gasteiger partial charge in [0, 0.05) is 24.8 Å². The largest absolute Gasteiger partial charge is 0.484 e. The van der Waals surface area contributed by atoms with Crippen LogP contribution in [0, 0.1) is 32.4 Å². The second-order valence-corrected chi connectivity index (χ2v) is 8.51. The van der Waals surface area contributed by atoms with E-state index in [0.717, 1.165) is 11.1 Å². The Morgan fingerprint density at radius 3 is 2.53 bits per heavy atom. The van der Waals surface area contributed by atoms with Crippen LogP contribution >= 0.6 is 0 Å². The summed E-state index contributed by atoms with van der Waals surface area (Å²) in [6.45, 7) is 5.14. The molecule has 7 nitrogen and oxygen atoms in total. The van der Waals surface area contributed by atoms with Gasteiger partial charge in [-0.15, -0.1) is 0 Å². The Bertz CT molecular complexity index is 1340. The van der Waals surface area contributed by atoms with E-state index in [1.165, 1.54) is 7.11 Å². The molecular weight excluding hydrogens is 470 g/mol. The van der Waals surface area contributed by atoms with Crippen LogP contribution in [-0.4, -0.2) is 37.2 Å². The van der Waals surface area contributed by atoms with Crippen LogP contribution in [-0.2, 0) is 20.8 Å². The van der Waals surface area contributed by atoms with E-state index in [1.54, 1.807) is 50.2 Å². The molecule has 0 N–H and O–H groups in total. The van der Waals surface area contributed by atoms with Crippen molar-refractivity contribution in [3.63, 3.8) is 0 Å². The SMILES string of the molecule is COCOc1ccc(Cc2c(C)cc(OCC3=NOC(=O)C3)c(F)c2C)nc1-c1cccc(C)c1F. The zero-order valence-electron chi connectivity index (χ0n) is 20.5. The van der Waals surface area contributed by atoms with Gasteiger partial charge in [0.15, 0.2) is 18.4 Å². The first kappa shape index (κ1) is 25.2. The molecule has 2 heterocycles. The number of benzene rings is 2. The Morgan fingerprint density at radius 1 is 1.00 bits per heavy atom. The summed E-state index contributed by atoms with van der Waals surface area (Å²) >= 11 is 0. The molecule has 2 aromatic carbocycles. The first-order chi connectivity index (χ1) is 17.3. The minimum Gasteiger partial charge on any atom is -0.484 e. The van der Waals surface area contributed by atoms with Crippen LogP contribution in [0.4, 0.5) is 8.78 Å². The van der Waals surface area contributed by atoms with E-state index in [2.05, 4.69) is 15.0 Å². The molecule has 0 radical (unpaired) electrons. The van der Waals surface area contributed by atoms with Crippen molar-refractivity contribution < 1.29 is 32.6 Å². The van der Waals surface area contributed by atoms with Gasteiger partial charge in [0.05, 0.1) is 6.42 Å². The second-order valence-electron chi connectivity index (χ2n) is 8.51. The summed E-state index contributed by atoms with van der Waals surface area (Å²) in [7, 11) is 1.50. The number of carbonyl (C=O) groups excluding carboxylic acids is 1. The van der Waals surface area contributed by atoms with Gasteiger partial charge in [-0.2, -0.15) is 0 Å². The molecule has 0 saturated carbocycles. The molecule has 1 aromatic heterocycles. The third kappa shape index (κ3) is 5.36.